The van der Waals surface area contributed by atoms with Gasteiger partial charge in [-0.25, -0.2) is 8.78 Å². The summed E-state index contributed by atoms with van der Waals surface area (Å²) in [5.74, 6) is 0.468. The van der Waals surface area contributed by atoms with Crippen molar-refractivity contribution in [2.45, 2.75) is 19.8 Å². The zero-order chi connectivity index (χ0) is 15.2. The van der Waals surface area contributed by atoms with E-state index in [9.17, 15) is 13.6 Å². The summed E-state index contributed by atoms with van der Waals surface area (Å²) in [6.45, 7) is 1.69. The van der Waals surface area contributed by atoms with Crippen LogP contribution in [0.1, 0.15) is 23.7 Å². The van der Waals surface area contributed by atoms with E-state index in [1.54, 1.807) is 12.3 Å². The number of carbonyl (C=O) groups excluding carboxylic acids is 1. The Bertz CT molecular complexity index is 610. The molecule has 0 atom stereocenters. The topological polar surface area (TPSA) is 51.3 Å². The van der Waals surface area contributed by atoms with E-state index in [4.69, 9.17) is 9.47 Å². The van der Waals surface area contributed by atoms with E-state index >= 15 is 0 Å². The number of Topliss-reactive ketones (excluding diaryl/α,β-unsaturated/α-hetero) is 1. The minimum Gasteiger partial charge on any atom is -0.493 e. The Kier molecular flexibility index (Phi) is 5.27. The van der Waals surface area contributed by atoms with Crippen LogP contribution in [0.4, 0.5) is 8.78 Å². The van der Waals surface area contributed by atoms with Crippen LogP contribution in [0, 0.1) is 0 Å². The van der Waals surface area contributed by atoms with E-state index in [0.717, 1.165) is 10.9 Å². The molecule has 0 amide bonds. The maximum Gasteiger partial charge on any atom is 0.261 e. The standard InChI is InChI=1S/C15H17F2NO3/c1-2-21-13-5-3-4-11-15(13)10(8-18-11)12(19)6-7-20-9-14(16)17/h3-5,8,14,18H,2,6-7,9H2,1H3. The fraction of sp³-hybridized carbons (Fsp3) is 0.400. The van der Waals surface area contributed by atoms with Gasteiger partial charge in [0, 0.05) is 23.7 Å². The molecule has 2 aromatic rings. The summed E-state index contributed by atoms with van der Waals surface area (Å²) in [7, 11) is 0. The van der Waals surface area contributed by atoms with Gasteiger partial charge in [-0.05, 0) is 19.1 Å². The molecule has 0 unspecified atom stereocenters. The first-order valence-corrected chi connectivity index (χ1v) is 6.75. The molecule has 2 rings (SSSR count). The predicted molar refractivity (Wildman–Crippen MR) is 75.2 cm³/mol. The first-order chi connectivity index (χ1) is 10.1. The Hall–Kier alpha value is -1.95. The monoisotopic (exact) mass is 297 g/mol. The maximum atomic E-state index is 12.2. The van der Waals surface area contributed by atoms with Crippen molar-refractivity contribution in [3.05, 3.63) is 30.0 Å². The smallest absolute Gasteiger partial charge is 0.261 e. The minimum atomic E-state index is -2.52. The molecule has 1 heterocycles. The zero-order valence-corrected chi connectivity index (χ0v) is 11.7. The molecular weight excluding hydrogens is 280 g/mol. The summed E-state index contributed by atoms with van der Waals surface area (Å²) >= 11 is 0. The summed E-state index contributed by atoms with van der Waals surface area (Å²) in [6.07, 6.45) is -0.847. The van der Waals surface area contributed by atoms with Gasteiger partial charge in [0.15, 0.2) is 5.78 Å². The molecule has 0 aliphatic heterocycles. The summed E-state index contributed by atoms with van der Waals surface area (Å²) in [5.41, 5.74) is 1.30. The number of hydrogen-bond acceptors (Lipinski definition) is 3. The lowest BCUT2D eigenvalue weighted by Crippen LogP contribution is -2.09. The predicted octanol–water partition coefficient (Wildman–Crippen LogP) is 3.42. The van der Waals surface area contributed by atoms with Crippen LogP contribution in [0.5, 0.6) is 5.75 Å². The number of aromatic nitrogens is 1. The Morgan fingerprint density at radius 3 is 2.90 bits per heavy atom. The normalized spacial score (nSPS) is 11.2. The molecule has 114 valence electrons. The van der Waals surface area contributed by atoms with Crippen molar-refractivity contribution < 1.29 is 23.0 Å². The highest BCUT2D eigenvalue weighted by atomic mass is 19.3. The van der Waals surface area contributed by atoms with Gasteiger partial charge in [-0.15, -0.1) is 0 Å². The first kappa shape index (κ1) is 15.4. The number of benzene rings is 1. The Morgan fingerprint density at radius 2 is 2.19 bits per heavy atom. The maximum absolute atomic E-state index is 12.2. The molecule has 0 aliphatic carbocycles. The van der Waals surface area contributed by atoms with Gasteiger partial charge in [-0.1, -0.05) is 6.07 Å². The Labute approximate surface area is 121 Å². The van der Waals surface area contributed by atoms with E-state index in [2.05, 4.69) is 4.98 Å². The van der Waals surface area contributed by atoms with E-state index < -0.39 is 13.0 Å². The van der Waals surface area contributed by atoms with Gasteiger partial charge in [-0.3, -0.25) is 4.79 Å². The van der Waals surface area contributed by atoms with Crippen LogP contribution >= 0.6 is 0 Å². The number of halogens is 2. The van der Waals surface area contributed by atoms with Crippen LogP contribution in [-0.4, -0.2) is 37.0 Å². The molecule has 21 heavy (non-hydrogen) atoms. The average molecular weight is 297 g/mol. The zero-order valence-electron chi connectivity index (χ0n) is 11.7. The minimum absolute atomic E-state index is 0.0212. The lowest BCUT2D eigenvalue weighted by molar-refractivity contribution is 0.0170. The number of aromatic amines is 1. The van der Waals surface area contributed by atoms with Crippen LogP contribution < -0.4 is 4.74 Å². The average Bonchev–Trinajstić information content (AvgIpc) is 2.88. The van der Waals surface area contributed by atoms with Crippen LogP contribution in [0.3, 0.4) is 0 Å². The third kappa shape index (κ3) is 3.78. The van der Waals surface area contributed by atoms with Gasteiger partial charge in [0.1, 0.15) is 12.4 Å². The summed E-state index contributed by atoms with van der Waals surface area (Å²) in [4.78, 5) is 15.2. The SMILES string of the molecule is CCOc1cccc2[nH]cc(C(=O)CCOCC(F)F)c12. The van der Waals surface area contributed by atoms with Crippen molar-refractivity contribution in [3.63, 3.8) is 0 Å². The summed E-state index contributed by atoms with van der Waals surface area (Å²) in [5, 5.41) is 0.721. The molecule has 4 nitrogen and oxygen atoms in total. The Balaban J connectivity index is 2.12. The third-order valence-corrected chi connectivity index (χ3v) is 2.99. The summed E-state index contributed by atoms with van der Waals surface area (Å²) in [6, 6.07) is 5.48. The molecule has 0 spiro atoms. The number of ether oxygens (including phenoxy) is 2. The molecular formula is C15H17F2NO3. The molecule has 1 N–H and O–H groups in total. The molecule has 0 radical (unpaired) electrons. The van der Waals surface area contributed by atoms with E-state index in [1.165, 1.54) is 0 Å². The molecule has 0 fully saturated rings. The molecule has 0 bridgehead atoms. The molecule has 0 aliphatic rings. The third-order valence-electron chi connectivity index (χ3n) is 2.99. The quantitative estimate of drug-likeness (QED) is 0.600. The highest BCUT2D eigenvalue weighted by molar-refractivity contribution is 6.10. The lowest BCUT2D eigenvalue weighted by atomic mass is 10.1. The van der Waals surface area contributed by atoms with Crippen molar-refractivity contribution in [2.24, 2.45) is 0 Å². The largest absolute Gasteiger partial charge is 0.493 e. The van der Waals surface area contributed by atoms with E-state index in [1.807, 2.05) is 19.1 Å². The number of fused-ring (bicyclic) bond motifs is 1. The van der Waals surface area contributed by atoms with Gasteiger partial charge in [-0.2, -0.15) is 0 Å². The lowest BCUT2D eigenvalue weighted by Gasteiger charge is -2.07. The molecule has 0 saturated heterocycles. The van der Waals surface area contributed by atoms with Crippen LogP contribution in [0.15, 0.2) is 24.4 Å². The first-order valence-electron chi connectivity index (χ1n) is 6.75. The van der Waals surface area contributed by atoms with Crippen LogP contribution in [0.2, 0.25) is 0 Å². The highest BCUT2D eigenvalue weighted by Gasteiger charge is 2.16. The second kappa shape index (κ2) is 7.17. The number of ketones is 1. The van der Waals surface area contributed by atoms with Gasteiger partial charge in [0.2, 0.25) is 0 Å². The molecule has 1 aromatic heterocycles. The molecule has 0 saturated carbocycles. The second-order valence-corrected chi connectivity index (χ2v) is 4.45. The fourth-order valence-electron chi connectivity index (χ4n) is 2.12. The number of alkyl halides is 2. The van der Waals surface area contributed by atoms with Crippen molar-refractivity contribution >= 4 is 16.7 Å². The fourth-order valence-corrected chi connectivity index (χ4v) is 2.12. The van der Waals surface area contributed by atoms with Crippen molar-refractivity contribution in [1.29, 1.82) is 0 Å². The number of H-pyrrole nitrogens is 1. The molecule has 1 aromatic carbocycles. The van der Waals surface area contributed by atoms with Crippen molar-refractivity contribution in [1.82, 2.24) is 4.98 Å². The summed E-state index contributed by atoms with van der Waals surface area (Å²) < 4.78 is 34.2. The van der Waals surface area contributed by atoms with Crippen LogP contribution in [-0.2, 0) is 4.74 Å². The number of hydrogen-bond donors (Lipinski definition) is 1. The van der Waals surface area contributed by atoms with E-state index in [0.29, 0.717) is 17.9 Å². The number of rotatable bonds is 8. The number of carbonyl (C=O) groups is 1. The Morgan fingerprint density at radius 1 is 1.38 bits per heavy atom. The van der Waals surface area contributed by atoms with Crippen molar-refractivity contribution in [2.75, 3.05) is 19.8 Å². The van der Waals surface area contributed by atoms with Gasteiger partial charge >= 0.3 is 0 Å². The van der Waals surface area contributed by atoms with Crippen LogP contribution in [0.25, 0.3) is 10.9 Å². The number of nitrogens with one attached hydrogen (secondary N) is 1. The van der Waals surface area contributed by atoms with Gasteiger partial charge in [0.25, 0.3) is 6.43 Å². The second-order valence-electron chi connectivity index (χ2n) is 4.45. The molecule has 6 heteroatoms. The highest BCUT2D eigenvalue weighted by Crippen LogP contribution is 2.29. The van der Waals surface area contributed by atoms with E-state index in [-0.39, 0.29) is 18.8 Å². The van der Waals surface area contributed by atoms with Gasteiger partial charge < -0.3 is 14.5 Å². The van der Waals surface area contributed by atoms with Gasteiger partial charge in [0.05, 0.1) is 18.6 Å². The van der Waals surface area contributed by atoms with Crippen molar-refractivity contribution in [3.8, 4) is 5.75 Å².